The van der Waals surface area contributed by atoms with Crippen LogP contribution in [0.5, 0.6) is 5.75 Å². The second kappa shape index (κ2) is 7.89. The van der Waals surface area contributed by atoms with E-state index in [0.29, 0.717) is 34.9 Å². The van der Waals surface area contributed by atoms with Gasteiger partial charge in [0.2, 0.25) is 0 Å². The third-order valence-electron chi connectivity index (χ3n) is 4.83. The normalized spacial score (nSPS) is 15.8. The summed E-state index contributed by atoms with van der Waals surface area (Å²) in [4.78, 5) is 11.8. The molecule has 0 radical (unpaired) electrons. The number of carbonyl (C=O) groups is 1. The Morgan fingerprint density at radius 3 is 2.31 bits per heavy atom. The minimum Gasteiger partial charge on any atom is -0.487 e. The summed E-state index contributed by atoms with van der Waals surface area (Å²) in [5, 5.41) is 0.330. The van der Waals surface area contributed by atoms with Gasteiger partial charge in [0.05, 0.1) is 15.6 Å². The van der Waals surface area contributed by atoms with Crippen molar-refractivity contribution in [3.05, 3.63) is 88.9 Å². The number of benzene rings is 3. The first-order valence-electron chi connectivity index (χ1n) is 9.05. The number of hydrogen-bond donors (Lipinski definition) is 0. The minimum absolute atomic E-state index is 0.125. The molecule has 1 unspecified atom stereocenters. The molecule has 3 aromatic rings. The number of hydrogen-bond acceptors (Lipinski definition) is 4. The van der Waals surface area contributed by atoms with Crippen LogP contribution in [0.1, 0.15) is 11.1 Å². The highest BCUT2D eigenvalue weighted by molar-refractivity contribution is 7.93. The van der Waals surface area contributed by atoms with E-state index in [-0.39, 0.29) is 11.3 Å². The van der Waals surface area contributed by atoms with E-state index in [1.807, 2.05) is 30.3 Å². The van der Waals surface area contributed by atoms with Crippen molar-refractivity contribution in [1.29, 1.82) is 0 Å². The molecule has 0 bridgehead atoms. The number of fused-ring (bicyclic) bond motifs is 1. The average Bonchev–Trinajstić information content (AvgIpc) is 3.15. The fourth-order valence-corrected chi connectivity index (χ4v) is 5.36. The van der Waals surface area contributed by atoms with E-state index in [1.165, 1.54) is 12.1 Å². The third kappa shape index (κ3) is 3.61. The van der Waals surface area contributed by atoms with Crippen LogP contribution in [0.25, 0.3) is 0 Å². The van der Waals surface area contributed by atoms with Crippen LogP contribution in [0.4, 0.5) is 5.69 Å². The first-order chi connectivity index (χ1) is 14.0. The summed E-state index contributed by atoms with van der Waals surface area (Å²) in [7, 11) is -3.90. The van der Waals surface area contributed by atoms with Gasteiger partial charge < -0.3 is 9.53 Å². The molecule has 1 atom stereocenters. The van der Waals surface area contributed by atoms with E-state index in [9.17, 15) is 13.2 Å². The fourth-order valence-electron chi connectivity index (χ4n) is 3.42. The molecule has 4 rings (SSSR count). The number of aldehydes is 1. The first kappa shape index (κ1) is 19.5. The summed E-state index contributed by atoms with van der Waals surface area (Å²) in [6.07, 6.45) is 0.841. The lowest BCUT2D eigenvalue weighted by Crippen LogP contribution is -2.38. The number of carbonyl (C=O) groups excluding carboxylic acids is 1. The molecule has 1 heterocycles. The lowest BCUT2D eigenvalue weighted by molar-refractivity contribution is -0.108. The second-order valence-electron chi connectivity index (χ2n) is 6.67. The predicted molar refractivity (Wildman–Crippen MR) is 112 cm³/mol. The number of halogens is 1. The lowest BCUT2D eigenvalue weighted by atomic mass is 10.1. The maximum Gasteiger partial charge on any atom is 0.264 e. The predicted octanol–water partition coefficient (Wildman–Crippen LogP) is 4.24. The fraction of sp³-hybridized carbons (Fsp3) is 0.136. The molecular weight excluding hydrogens is 410 g/mol. The van der Waals surface area contributed by atoms with Gasteiger partial charge in [-0.1, -0.05) is 60.1 Å². The molecule has 1 aliphatic heterocycles. The number of rotatable bonds is 6. The van der Waals surface area contributed by atoms with Gasteiger partial charge in [-0.2, -0.15) is 0 Å². The molecular formula is C22H18ClNO4S. The highest BCUT2D eigenvalue weighted by Crippen LogP contribution is 2.43. The van der Waals surface area contributed by atoms with Gasteiger partial charge in [-0.05, 0) is 29.8 Å². The van der Waals surface area contributed by atoms with E-state index >= 15 is 0 Å². The largest absolute Gasteiger partial charge is 0.487 e. The molecule has 0 saturated carbocycles. The summed E-state index contributed by atoms with van der Waals surface area (Å²) in [5.74, 6) is 0.456. The molecule has 0 N–H and O–H groups in total. The Morgan fingerprint density at radius 1 is 1.00 bits per heavy atom. The second-order valence-corrected chi connectivity index (χ2v) is 8.86. The van der Waals surface area contributed by atoms with Crippen LogP contribution in [0, 0.1) is 0 Å². The van der Waals surface area contributed by atoms with Crippen LogP contribution in [-0.2, 0) is 27.8 Å². The number of sulfonamides is 1. The van der Waals surface area contributed by atoms with Gasteiger partial charge in [0.25, 0.3) is 10.0 Å². The molecule has 0 amide bonds. The smallest absolute Gasteiger partial charge is 0.264 e. The number of nitrogens with zero attached hydrogens (tertiary/aromatic N) is 1. The SMILES string of the molecule is O=CC1Cc2c(ccc(OCc3ccccc3)c2Cl)N1S(=O)(=O)c1ccccc1. The van der Waals surface area contributed by atoms with Gasteiger partial charge in [0, 0.05) is 12.0 Å². The van der Waals surface area contributed by atoms with E-state index in [2.05, 4.69) is 0 Å². The summed E-state index contributed by atoms with van der Waals surface area (Å²) in [5.41, 5.74) is 1.99. The summed E-state index contributed by atoms with van der Waals surface area (Å²) in [6.45, 7) is 0.336. The van der Waals surface area contributed by atoms with Crippen LogP contribution in [0.15, 0.2) is 77.7 Å². The summed E-state index contributed by atoms with van der Waals surface area (Å²) < 4.78 is 33.3. The Hall–Kier alpha value is -2.83. The van der Waals surface area contributed by atoms with Crippen molar-refractivity contribution in [3.8, 4) is 5.75 Å². The van der Waals surface area contributed by atoms with Crippen molar-refractivity contribution in [2.24, 2.45) is 0 Å². The van der Waals surface area contributed by atoms with Crippen LogP contribution < -0.4 is 9.04 Å². The van der Waals surface area contributed by atoms with Crippen LogP contribution in [0.2, 0.25) is 5.02 Å². The zero-order valence-electron chi connectivity index (χ0n) is 15.4. The maximum atomic E-state index is 13.2. The van der Waals surface area contributed by atoms with Crippen LogP contribution in [-0.4, -0.2) is 20.7 Å². The maximum absolute atomic E-state index is 13.2. The monoisotopic (exact) mass is 427 g/mol. The van der Waals surface area contributed by atoms with Crippen molar-refractivity contribution in [2.45, 2.75) is 24.0 Å². The standard InChI is InChI=1S/C22H18ClNO4S/c23-22-19-13-17(14-25)24(29(26,27)18-9-5-2-6-10-18)20(19)11-12-21(22)28-15-16-7-3-1-4-8-16/h1-12,14,17H,13,15H2. The summed E-state index contributed by atoms with van der Waals surface area (Å²) in [6, 6.07) is 20.1. The van der Waals surface area contributed by atoms with Gasteiger partial charge in [-0.25, -0.2) is 8.42 Å². The highest BCUT2D eigenvalue weighted by atomic mass is 35.5. The Morgan fingerprint density at radius 2 is 1.66 bits per heavy atom. The van der Waals surface area contributed by atoms with E-state index < -0.39 is 16.1 Å². The summed E-state index contributed by atoms with van der Waals surface area (Å²) >= 11 is 6.54. The van der Waals surface area contributed by atoms with Crippen LogP contribution >= 0.6 is 11.6 Å². The van der Waals surface area contributed by atoms with Crippen molar-refractivity contribution in [2.75, 3.05) is 4.31 Å². The topological polar surface area (TPSA) is 63.7 Å². The van der Waals surface area contributed by atoms with Gasteiger partial charge in [0.1, 0.15) is 24.7 Å². The zero-order chi connectivity index (χ0) is 20.4. The van der Waals surface area contributed by atoms with Crippen molar-refractivity contribution in [3.63, 3.8) is 0 Å². The molecule has 0 fully saturated rings. The molecule has 0 aliphatic carbocycles. The minimum atomic E-state index is -3.90. The van der Waals surface area contributed by atoms with Gasteiger partial charge in [-0.3, -0.25) is 4.31 Å². The molecule has 29 heavy (non-hydrogen) atoms. The molecule has 0 saturated heterocycles. The Labute approximate surface area is 174 Å². The zero-order valence-corrected chi connectivity index (χ0v) is 16.9. The quantitative estimate of drug-likeness (QED) is 0.552. The molecule has 1 aliphatic rings. The van der Waals surface area contributed by atoms with Crippen molar-refractivity contribution in [1.82, 2.24) is 0 Å². The molecule has 5 nitrogen and oxygen atoms in total. The van der Waals surface area contributed by atoms with Crippen LogP contribution in [0.3, 0.4) is 0 Å². The molecule has 148 valence electrons. The molecule has 3 aromatic carbocycles. The highest BCUT2D eigenvalue weighted by Gasteiger charge is 2.40. The third-order valence-corrected chi connectivity index (χ3v) is 7.10. The van der Waals surface area contributed by atoms with Crippen molar-refractivity contribution < 1.29 is 17.9 Å². The molecule has 0 aromatic heterocycles. The number of anilines is 1. The molecule has 7 heteroatoms. The van der Waals surface area contributed by atoms with Crippen molar-refractivity contribution >= 4 is 33.6 Å². The number of ether oxygens (including phenoxy) is 1. The Balaban J connectivity index is 1.69. The van der Waals surface area contributed by atoms with E-state index in [4.69, 9.17) is 16.3 Å². The Bertz CT molecular complexity index is 1130. The van der Waals surface area contributed by atoms with Gasteiger partial charge in [0.15, 0.2) is 0 Å². The first-order valence-corrected chi connectivity index (χ1v) is 10.9. The van der Waals surface area contributed by atoms with E-state index in [0.717, 1.165) is 9.87 Å². The van der Waals surface area contributed by atoms with E-state index in [1.54, 1.807) is 30.3 Å². The molecule has 0 spiro atoms. The Kier molecular flexibility index (Phi) is 5.30. The lowest BCUT2D eigenvalue weighted by Gasteiger charge is -2.23. The van der Waals surface area contributed by atoms with Gasteiger partial charge >= 0.3 is 0 Å². The average molecular weight is 428 g/mol. The van der Waals surface area contributed by atoms with Gasteiger partial charge in [-0.15, -0.1) is 0 Å².